The zero-order chi connectivity index (χ0) is 14.9. The smallest absolute Gasteiger partial charge is 0.299 e. The van der Waals surface area contributed by atoms with Gasteiger partial charge in [-0.1, -0.05) is 30.3 Å². The molecule has 0 N–H and O–H groups in total. The van der Waals surface area contributed by atoms with Crippen LogP contribution in [-0.4, -0.2) is 9.55 Å². The quantitative estimate of drug-likeness (QED) is 0.676. The molecule has 5 heteroatoms. The number of imidazole rings is 1. The summed E-state index contributed by atoms with van der Waals surface area (Å²) in [7, 11) is 0. The monoisotopic (exact) mass is 288 g/mol. The fourth-order valence-corrected chi connectivity index (χ4v) is 2.13. The Hall–Kier alpha value is -2.56. The molecular formula is C16H11F3N2. The standard InChI is InChI=1S/C16H11F3N2/c17-16(18,19)13-8-6-12(7-9-13)15-10-20-11-21(15)14-4-2-1-3-5-14/h1-11H. The highest BCUT2D eigenvalue weighted by molar-refractivity contribution is 5.62. The van der Waals surface area contributed by atoms with Gasteiger partial charge in [-0.05, 0) is 24.3 Å². The number of hydrogen-bond acceptors (Lipinski definition) is 1. The number of rotatable bonds is 2. The van der Waals surface area contributed by atoms with Gasteiger partial charge in [0.2, 0.25) is 0 Å². The lowest BCUT2D eigenvalue weighted by Crippen LogP contribution is -2.04. The predicted octanol–water partition coefficient (Wildman–Crippen LogP) is 4.56. The van der Waals surface area contributed by atoms with Crippen LogP contribution in [0.2, 0.25) is 0 Å². The summed E-state index contributed by atoms with van der Waals surface area (Å²) in [5.41, 5.74) is 1.68. The van der Waals surface area contributed by atoms with Crippen LogP contribution < -0.4 is 0 Å². The van der Waals surface area contributed by atoms with Crippen molar-refractivity contribution in [2.45, 2.75) is 6.18 Å². The maximum Gasteiger partial charge on any atom is 0.416 e. The van der Waals surface area contributed by atoms with Gasteiger partial charge in [-0.15, -0.1) is 0 Å². The third-order valence-corrected chi connectivity index (χ3v) is 3.18. The predicted molar refractivity (Wildman–Crippen MR) is 74.0 cm³/mol. The van der Waals surface area contributed by atoms with Gasteiger partial charge in [-0.2, -0.15) is 13.2 Å². The van der Waals surface area contributed by atoms with Crippen molar-refractivity contribution in [2.75, 3.05) is 0 Å². The molecule has 0 aliphatic rings. The molecule has 3 aromatic rings. The summed E-state index contributed by atoms with van der Waals surface area (Å²) in [5, 5.41) is 0. The summed E-state index contributed by atoms with van der Waals surface area (Å²) in [5.74, 6) is 0. The van der Waals surface area contributed by atoms with Crippen molar-refractivity contribution in [3.05, 3.63) is 72.7 Å². The van der Waals surface area contributed by atoms with E-state index in [9.17, 15) is 13.2 Å². The third kappa shape index (κ3) is 2.67. The van der Waals surface area contributed by atoms with Crippen LogP contribution in [0.1, 0.15) is 5.56 Å². The molecule has 21 heavy (non-hydrogen) atoms. The lowest BCUT2D eigenvalue weighted by atomic mass is 10.1. The Kier molecular flexibility index (Phi) is 3.25. The van der Waals surface area contributed by atoms with E-state index in [-0.39, 0.29) is 0 Å². The molecule has 1 heterocycles. The van der Waals surface area contributed by atoms with E-state index in [1.807, 2.05) is 34.9 Å². The first-order chi connectivity index (χ1) is 10.1. The summed E-state index contributed by atoms with van der Waals surface area (Å²) >= 11 is 0. The van der Waals surface area contributed by atoms with Crippen molar-refractivity contribution >= 4 is 0 Å². The second kappa shape index (κ2) is 5.09. The summed E-state index contributed by atoms with van der Waals surface area (Å²) in [6, 6.07) is 14.6. The molecule has 0 bridgehead atoms. The first-order valence-corrected chi connectivity index (χ1v) is 6.31. The van der Waals surface area contributed by atoms with Gasteiger partial charge in [-0.25, -0.2) is 4.98 Å². The van der Waals surface area contributed by atoms with Gasteiger partial charge in [0.25, 0.3) is 0 Å². The Balaban J connectivity index is 2.01. The molecule has 0 unspecified atom stereocenters. The number of nitrogens with zero attached hydrogens (tertiary/aromatic N) is 2. The van der Waals surface area contributed by atoms with Crippen LogP contribution in [-0.2, 0) is 6.18 Å². The van der Waals surface area contributed by atoms with Gasteiger partial charge in [0, 0.05) is 11.3 Å². The number of halogens is 3. The second-order valence-electron chi connectivity index (χ2n) is 4.56. The highest BCUT2D eigenvalue weighted by atomic mass is 19.4. The maximum absolute atomic E-state index is 12.6. The van der Waals surface area contributed by atoms with E-state index in [4.69, 9.17) is 0 Å². The summed E-state index contributed by atoms with van der Waals surface area (Å²) in [4.78, 5) is 4.09. The van der Waals surface area contributed by atoms with Gasteiger partial charge < -0.3 is 0 Å². The summed E-state index contributed by atoms with van der Waals surface area (Å²) in [6.07, 6.45) is -1.05. The Morgan fingerprint density at radius 3 is 2.14 bits per heavy atom. The minimum atomic E-state index is -4.32. The minimum absolute atomic E-state index is 0.656. The molecule has 0 spiro atoms. The molecule has 0 fully saturated rings. The Bertz CT molecular complexity index is 728. The van der Waals surface area contributed by atoms with Crippen molar-refractivity contribution in [3.8, 4) is 16.9 Å². The van der Waals surface area contributed by atoms with Gasteiger partial charge >= 0.3 is 6.18 Å². The highest BCUT2D eigenvalue weighted by Gasteiger charge is 2.30. The van der Waals surface area contributed by atoms with E-state index in [0.29, 0.717) is 5.56 Å². The zero-order valence-corrected chi connectivity index (χ0v) is 10.9. The van der Waals surface area contributed by atoms with Gasteiger partial charge in [0.15, 0.2) is 0 Å². The number of hydrogen-bond donors (Lipinski definition) is 0. The fraction of sp³-hybridized carbons (Fsp3) is 0.0625. The topological polar surface area (TPSA) is 17.8 Å². The zero-order valence-electron chi connectivity index (χ0n) is 10.9. The molecule has 2 aromatic carbocycles. The second-order valence-corrected chi connectivity index (χ2v) is 4.56. The Labute approximate surface area is 119 Å². The molecule has 2 nitrogen and oxygen atoms in total. The highest BCUT2D eigenvalue weighted by Crippen LogP contribution is 2.31. The van der Waals surface area contributed by atoms with Crippen LogP contribution in [0.3, 0.4) is 0 Å². The summed E-state index contributed by atoms with van der Waals surface area (Å²) < 4.78 is 39.6. The van der Waals surface area contributed by atoms with Crippen molar-refractivity contribution in [1.82, 2.24) is 9.55 Å². The molecule has 0 amide bonds. The summed E-state index contributed by atoms with van der Waals surface area (Å²) in [6.45, 7) is 0. The first kappa shape index (κ1) is 13.4. The SMILES string of the molecule is FC(F)(F)c1ccc(-c2cncn2-c2ccccc2)cc1. The van der Waals surface area contributed by atoms with Crippen LogP contribution in [0.25, 0.3) is 16.9 Å². The number of aromatic nitrogens is 2. The normalized spacial score (nSPS) is 11.6. The van der Waals surface area contributed by atoms with Crippen molar-refractivity contribution in [3.63, 3.8) is 0 Å². The molecule has 0 saturated heterocycles. The maximum atomic E-state index is 12.6. The number of para-hydroxylation sites is 1. The van der Waals surface area contributed by atoms with E-state index in [2.05, 4.69) is 4.98 Å². The van der Waals surface area contributed by atoms with E-state index < -0.39 is 11.7 Å². The van der Waals surface area contributed by atoms with Gasteiger partial charge in [0.1, 0.15) is 0 Å². The Morgan fingerprint density at radius 2 is 1.52 bits per heavy atom. The Morgan fingerprint density at radius 1 is 0.857 bits per heavy atom. The molecule has 0 saturated carbocycles. The molecule has 106 valence electrons. The van der Waals surface area contributed by atoms with E-state index >= 15 is 0 Å². The van der Waals surface area contributed by atoms with Gasteiger partial charge in [-0.3, -0.25) is 4.57 Å². The van der Waals surface area contributed by atoms with Gasteiger partial charge in [0.05, 0.1) is 23.8 Å². The molecule has 3 rings (SSSR count). The van der Waals surface area contributed by atoms with Crippen LogP contribution >= 0.6 is 0 Å². The van der Waals surface area contributed by atoms with Crippen molar-refractivity contribution < 1.29 is 13.2 Å². The van der Waals surface area contributed by atoms with Crippen LogP contribution in [0.4, 0.5) is 13.2 Å². The lowest BCUT2D eigenvalue weighted by Gasteiger charge is -2.10. The van der Waals surface area contributed by atoms with Crippen molar-refractivity contribution in [2.24, 2.45) is 0 Å². The third-order valence-electron chi connectivity index (χ3n) is 3.18. The molecule has 0 aliphatic carbocycles. The lowest BCUT2D eigenvalue weighted by molar-refractivity contribution is -0.137. The minimum Gasteiger partial charge on any atom is -0.299 e. The molecule has 0 atom stereocenters. The number of benzene rings is 2. The van der Waals surface area contributed by atoms with Crippen molar-refractivity contribution in [1.29, 1.82) is 0 Å². The van der Waals surface area contributed by atoms with Crippen LogP contribution in [0, 0.1) is 0 Å². The van der Waals surface area contributed by atoms with Crippen LogP contribution in [0.5, 0.6) is 0 Å². The molecule has 1 aromatic heterocycles. The van der Waals surface area contributed by atoms with Crippen LogP contribution in [0.15, 0.2) is 67.1 Å². The number of alkyl halides is 3. The van der Waals surface area contributed by atoms with E-state index in [1.165, 1.54) is 12.1 Å². The first-order valence-electron chi connectivity index (χ1n) is 6.31. The molecule has 0 radical (unpaired) electrons. The average molecular weight is 288 g/mol. The largest absolute Gasteiger partial charge is 0.416 e. The van der Waals surface area contributed by atoms with E-state index in [0.717, 1.165) is 23.5 Å². The average Bonchev–Trinajstić information content (AvgIpc) is 2.97. The fourth-order valence-electron chi connectivity index (χ4n) is 2.13. The molecular weight excluding hydrogens is 277 g/mol. The molecule has 0 aliphatic heterocycles. The van der Waals surface area contributed by atoms with E-state index in [1.54, 1.807) is 12.5 Å².